The Bertz CT molecular complexity index is 64.2. The molecule has 0 bridgehead atoms. The van der Waals surface area contributed by atoms with Crippen LogP contribution in [-0.2, 0) is 0 Å². The second kappa shape index (κ2) is 2.03. The molecule has 3 heteroatoms. The van der Waals surface area contributed by atoms with Gasteiger partial charge in [-0.25, -0.2) is 0 Å². The Hall–Kier alpha value is 1.51. The Morgan fingerprint density at radius 3 is 1.43 bits per heavy atom. The van der Waals surface area contributed by atoms with E-state index in [9.17, 15) is 0 Å². The molecule has 0 spiro atoms. The maximum absolute atomic E-state index is 2.57. The first-order valence-corrected chi connectivity index (χ1v) is 10.3. The fraction of sp³-hybridized carbons (Fsp3) is 1.00. The van der Waals surface area contributed by atoms with Gasteiger partial charge in [0, 0.05) is 0 Å². The van der Waals surface area contributed by atoms with E-state index in [1.807, 2.05) is 11.4 Å². The zero-order chi connectivity index (χ0) is 6.15. The van der Waals surface area contributed by atoms with Crippen LogP contribution in [0.15, 0.2) is 0 Å². The summed E-state index contributed by atoms with van der Waals surface area (Å²) in [6.45, 7) is 7.03. The van der Waals surface area contributed by atoms with Gasteiger partial charge >= 0.3 is 63.1 Å². The molecule has 0 rings (SSSR count). The first-order valence-electron chi connectivity index (χ1n) is 2.10. The Morgan fingerprint density at radius 2 is 1.43 bits per heavy atom. The van der Waals surface area contributed by atoms with Crippen LogP contribution >= 0.6 is 36.9 Å². The Balaban J connectivity index is 3.83. The van der Waals surface area contributed by atoms with Gasteiger partial charge in [-0.05, 0) is 0 Å². The van der Waals surface area contributed by atoms with Crippen molar-refractivity contribution in [3.8, 4) is 0 Å². The summed E-state index contributed by atoms with van der Waals surface area (Å²) in [6.07, 6.45) is 2.18. The first kappa shape index (κ1) is 8.51. The Kier molecular flexibility index (Phi) is 2.47. The number of hydrogen-bond donors (Lipinski definition) is 0. The van der Waals surface area contributed by atoms with Gasteiger partial charge in [-0.2, -0.15) is 0 Å². The molecule has 0 nitrogen and oxygen atoms in total. The van der Waals surface area contributed by atoms with E-state index in [-0.39, 0.29) is 0 Å². The summed E-state index contributed by atoms with van der Waals surface area (Å²) in [5.41, 5.74) is 0. The number of halogens is 1. The van der Waals surface area contributed by atoms with Gasteiger partial charge in [0.2, 0.25) is 0 Å². The standard InChI is InChI=1S/C4H12IPS/c1-6(2,3,5)7-4/h1-4H3. The monoisotopic (exact) mass is 250 g/mol. The second-order valence-corrected chi connectivity index (χ2v) is 25.0. The van der Waals surface area contributed by atoms with Crippen molar-refractivity contribution in [2.24, 2.45) is 0 Å². The molecule has 0 aromatic rings. The topological polar surface area (TPSA) is 0 Å². The zero-order valence-electron chi connectivity index (χ0n) is 5.23. The predicted octanol–water partition coefficient (Wildman–Crippen LogP) is 3.06. The normalized spacial score (nSPS) is 18.1. The van der Waals surface area contributed by atoms with Crippen molar-refractivity contribution in [1.29, 1.82) is 0 Å². The van der Waals surface area contributed by atoms with Gasteiger partial charge in [-0.1, -0.05) is 0 Å². The minimum atomic E-state index is -1.19. The van der Waals surface area contributed by atoms with E-state index in [1.54, 1.807) is 0 Å². The molecular formula is C4H12IPS. The van der Waals surface area contributed by atoms with Crippen LogP contribution in [0.2, 0.25) is 0 Å². The van der Waals surface area contributed by atoms with E-state index in [1.165, 1.54) is 0 Å². The van der Waals surface area contributed by atoms with E-state index >= 15 is 0 Å². The van der Waals surface area contributed by atoms with E-state index in [0.717, 1.165) is 0 Å². The van der Waals surface area contributed by atoms with Gasteiger partial charge in [-0.15, -0.1) is 0 Å². The molecule has 0 aliphatic rings. The summed E-state index contributed by atoms with van der Waals surface area (Å²) in [7, 11) is 0. The molecule has 0 saturated carbocycles. The molecular weight excluding hydrogens is 238 g/mol. The molecule has 0 N–H and O–H groups in total. The third-order valence-electron chi connectivity index (χ3n) is 0.617. The average molecular weight is 250 g/mol. The van der Waals surface area contributed by atoms with Gasteiger partial charge in [0.05, 0.1) is 0 Å². The van der Waals surface area contributed by atoms with Gasteiger partial charge in [0.1, 0.15) is 0 Å². The first-order chi connectivity index (χ1) is 2.81. The summed E-state index contributed by atoms with van der Waals surface area (Å²) in [6, 6.07) is 0. The molecule has 0 aromatic carbocycles. The van der Waals surface area contributed by atoms with Crippen molar-refractivity contribution in [3.05, 3.63) is 0 Å². The summed E-state index contributed by atoms with van der Waals surface area (Å²) >= 11 is 4.57. The molecule has 7 heavy (non-hydrogen) atoms. The van der Waals surface area contributed by atoms with Crippen molar-refractivity contribution in [2.45, 2.75) is 0 Å². The molecule has 0 aromatic heterocycles. The van der Waals surface area contributed by atoms with Crippen LogP contribution in [0.25, 0.3) is 0 Å². The van der Waals surface area contributed by atoms with Crippen molar-refractivity contribution in [1.82, 2.24) is 0 Å². The minimum absolute atomic E-state index is 1.19. The fourth-order valence-corrected chi connectivity index (χ4v) is 0. The van der Waals surface area contributed by atoms with Crippen LogP contribution in [-0.4, -0.2) is 26.3 Å². The van der Waals surface area contributed by atoms with E-state index < -0.39 is 3.45 Å². The zero-order valence-corrected chi connectivity index (χ0v) is 9.10. The molecule has 0 aliphatic heterocycles. The molecule has 0 radical (unpaired) electrons. The van der Waals surface area contributed by atoms with Crippen LogP contribution in [0.1, 0.15) is 0 Å². The molecule has 0 atom stereocenters. The van der Waals surface area contributed by atoms with Gasteiger partial charge < -0.3 is 0 Å². The summed E-state index contributed by atoms with van der Waals surface area (Å²) < 4.78 is -1.19. The van der Waals surface area contributed by atoms with Gasteiger partial charge in [0.15, 0.2) is 0 Å². The van der Waals surface area contributed by atoms with Gasteiger partial charge in [-0.3, -0.25) is 0 Å². The third-order valence-corrected chi connectivity index (χ3v) is 9.10. The van der Waals surface area contributed by atoms with Crippen molar-refractivity contribution in [3.63, 3.8) is 0 Å². The van der Waals surface area contributed by atoms with Gasteiger partial charge in [0.25, 0.3) is 0 Å². The summed E-state index contributed by atoms with van der Waals surface area (Å²) in [4.78, 5) is 0. The average Bonchev–Trinajstić information content (AvgIpc) is 1.32. The van der Waals surface area contributed by atoms with Crippen LogP contribution in [0.4, 0.5) is 0 Å². The SMILES string of the molecule is CSP(C)(C)(C)I. The number of rotatable bonds is 1. The quantitative estimate of drug-likeness (QED) is 0.509. The Labute approximate surface area is 63.0 Å². The molecule has 0 fully saturated rings. The number of hydrogen-bond acceptors (Lipinski definition) is 1. The van der Waals surface area contributed by atoms with Crippen LogP contribution in [0.3, 0.4) is 0 Å². The third kappa shape index (κ3) is 7.51. The summed E-state index contributed by atoms with van der Waals surface area (Å²) in [5, 5.41) is 0. The van der Waals surface area contributed by atoms with Crippen molar-refractivity contribution in [2.75, 3.05) is 26.3 Å². The van der Waals surface area contributed by atoms with E-state index in [2.05, 4.69) is 48.3 Å². The van der Waals surface area contributed by atoms with E-state index in [0.29, 0.717) is 0 Å². The molecule has 46 valence electrons. The van der Waals surface area contributed by atoms with Crippen LogP contribution < -0.4 is 0 Å². The van der Waals surface area contributed by atoms with Crippen LogP contribution in [0, 0.1) is 0 Å². The summed E-state index contributed by atoms with van der Waals surface area (Å²) in [5.74, 6) is 0. The molecule has 0 saturated heterocycles. The maximum atomic E-state index is 2.57. The van der Waals surface area contributed by atoms with Crippen molar-refractivity contribution >= 4 is 36.9 Å². The molecule has 0 unspecified atom stereocenters. The van der Waals surface area contributed by atoms with Crippen LogP contribution in [0.5, 0.6) is 0 Å². The molecule has 0 heterocycles. The van der Waals surface area contributed by atoms with Crippen molar-refractivity contribution < 1.29 is 0 Å². The Morgan fingerprint density at radius 1 is 1.29 bits per heavy atom. The second-order valence-electron chi connectivity index (χ2n) is 2.65. The fourth-order valence-electron chi connectivity index (χ4n) is 0. The predicted molar refractivity (Wildman–Crippen MR) is 52.2 cm³/mol. The molecule has 0 amide bonds. The molecule has 0 aliphatic carbocycles. The van der Waals surface area contributed by atoms with E-state index in [4.69, 9.17) is 0 Å².